The van der Waals surface area contributed by atoms with E-state index in [9.17, 15) is 0 Å². The first-order chi connectivity index (χ1) is 7.35. The standard InChI is InChI=1S/C14H29NO/c1-7-9-16-15-13(4,5)10-12(3)11-14(15,6)8-2/h12H,7-11H2,1-6H3. The van der Waals surface area contributed by atoms with Crippen molar-refractivity contribution in [3.8, 4) is 0 Å². The Morgan fingerprint density at radius 2 is 1.81 bits per heavy atom. The smallest absolute Gasteiger partial charge is 0.0683 e. The van der Waals surface area contributed by atoms with Gasteiger partial charge in [-0.05, 0) is 52.4 Å². The molecule has 2 atom stereocenters. The van der Waals surface area contributed by atoms with Crippen LogP contribution in [0, 0.1) is 5.92 Å². The van der Waals surface area contributed by atoms with E-state index in [0.717, 1.165) is 25.4 Å². The van der Waals surface area contributed by atoms with E-state index < -0.39 is 0 Å². The normalized spacial score (nSPS) is 35.2. The van der Waals surface area contributed by atoms with Crippen molar-refractivity contribution in [2.24, 2.45) is 5.92 Å². The molecule has 1 aliphatic rings. The summed E-state index contributed by atoms with van der Waals surface area (Å²) in [6.07, 6.45) is 4.72. The topological polar surface area (TPSA) is 12.5 Å². The molecule has 0 N–H and O–H groups in total. The van der Waals surface area contributed by atoms with E-state index >= 15 is 0 Å². The Labute approximate surface area is 101 Å². The Hall–Kier alpha value is -0.0800. The van der Waals surface area contributed by atoms with Crippen molar-refractivity contribution in [2.75, 3.05) is 6.61 Å². The van der Waals surface area contributed by atoms with Crippen LogP contribution in [0.4, 0.5) is 0 Å². The Balaban J connectivity index is 2.86. The molecular formula is C14H29NO. The highest BCUT2D eigenvalue weighted by atomic mass is 16.7. The van der Waals surface area contributed by atoms with Gasteiger partial charge in [-0.2, -0.15) is 5.06 Å². The van der Waals surface area contributed by atoms with Crippen LogP contribution in [0.25, 0.3) is 0 Å². The van der Waals surface area contributed by atoms with Gasteiger partial charge in [-0.3, -0.25) is 4.84 Å². The van der Waals surface area contributed by atoms with E-state index in [2.05, 4.69) is 46.6 Å². The van der Waals surface area contributed by atoms with Crippen molar-refractivity contribution in [2.45, 2.75) is 78.3 Å². The fourth-order valence-corrected chi connectivity index (χ4v) is 3.37. The van der Waals surface area contributed by atoms with E-state index in [-0.39, 0.29) is 11.1 Å². The molecule has 0 bridgehead atoms. The van der Waals surface area contributed by atoms with Crippen molar-refractivity contribution in [1.29, 1.82) is 0 Å². The molecule has 0 amide bonds. The lowest BCUT2D eigenvalue weighted by atomic mass is 9.74. The monoisotopic (exact) mass is 227 g/mol. The van der Waals surface area contributed by atoms with E-state index in [1.165, 1.54) is 12.8 Å². The Bertz CT molecular complexity index is 227. The first-order valence-corrected chi connectivity index (χ1v) is 6.79. The summed E-state index contributed by atoms with van der Waals surface area (Å²) in [6.45, 7) is 14.6. The van der Waals surface area contributed by atoms with Crippen LogP contribution in [0.2, 0.25) is 0 Å². The molecule has 1 saturated heterocycles. The molecule has 0 saturated carbocycles. The van der Waals surface area contributed by atoms with Crippen LogP contribution >= 0.6 is 0 Å². The largest absolute Gasteiger partial charge is 0.298 e. The average Bonchev–Trinajstić information content (AvgIpc) is 2.15. The van der Waals surface area contributed by atoms with Gasteiger partial charge in [-0.1, -0.05) is 20.8 Å². The second-order valence-corrected chi connectivity index (χ2v) is 6.30. The van der Waals surface area contributed by atoms with Gasteiger partial charge in [0.05, 0.1) is 6.61 Å². The van der Waals surface area contributed by atoms with Crippen molar-refractivity contribution < 1.29 is 4.84 Å². The molecule has 0 aromatic rings. The predicted molar refractivity (Wildman–Crippen MR) is 69.3 cm³/mol. The number of hydrogen-bond acceptors (Lipinski definition) is 2. The summed E-state index contributed by atoms with van der Waals surface area (Å²) in [7, 11) is 0. The summed E-state index contributed by atoms with van der Waals surface area (Å²) >= 11 is 0. The van der Waals surface area contributed by atoms with Gasteiger partial charge in [0.15, 0.2) is 0 Å². The molecule has 2 nitrogen and oxygen atoms in total. The maximum absolute atomic E-state index is 6.04. The van der Waals surface area contributed by atoms with Gasteiger partial charge in [0.1, 0.15) is 0 Å². The summed E-state index contributed by atoms with van der Waals surface area (Å²) < 4.78 is 0. The first kappa shape index (κ1) is 14.0. The molecule has 1 heterocycles. The third-order valence-corrected chi connectivity index (χ3v) is 3.86. The number of rotatable bonds is 4. The fourth-order valence-electron chi connectivity index (χ4n) is 3.37. The van der Waals surface area contributed by atoms with Crippen LogP contribution in [0.5, 0.6) is 0 Å². The summed E-state index contributed by atoms with van der Waals surface area (Å²) in [5, 5.41) is 2.30. The Morgan fingerprint density at radius 3 is 2.31 bits per heavy atom. The van der Waals surface area contributed by atoms with Crippen LogP contribution in [0.15, 0.2) is 0 Å². The quantitative estimate of drug-likeness (QED) is 0.719. The minimum absolute atomic E-state index is 0.164. The summed E-state index contributed by atoms with van der Waals surface area (Å²) in [6, 6.07) is 0. The number of hydrogen-bond donors (Lipinski definition) is 0. The summed E-state index contributed by atoms with van der Waals surface area (Å²) in [5.41, 5.74) is 0.369. The molecule has 0 radical (unpaired) electrons. The number of piperidine rings is 1. The van der Waals surface area contributed by atoms with Crippen LogP contribution < -0.4 is 0 Å². The lowest BCUT2D eigenvalue weighted by molar-refractivity contribution is -0.292. The Kier molecular flexibility index (Phi) is 4.42. The summed E-state index contributed by atoms with van der Waals surface area (Å²) in [5.74, 6) is 0.793. The zero-order valence-corrected chi connectivity index (χ0v) is 12.0. The highest BCUT2D eigenvalue weighted by molar-refractivity contribution is 4.97. The maximum Gasteiger partial charge on any atom is 0.0683 e. The Morgan fingerprint density at radius 1 is 1.19 bits per heavy atom. The van der Waals surface area contributed by atoms with E-state index in [1.807, 2.05) is 0 Å². The fraction of sp³-hybridized carbons (Fsp3) is 1.00. The minimum Gasteiger partial charge on any atom is -0.298 e. The SMILES string of the molecule is CCCON1C(C)(C)CC(C)CC1(C)CC. The number of hydroxylamine groups is 2. The third kappa shape index (κ3) is 2.78. The molecule has 1 rings (SSSR count). The molecule has 2 unspecified atom stereocenters. The molecule has 0 aliphatic carbocycles. The molecule has 0 spiro atoms. The van der Waals surface area contributed by atoms with Gasteiger partial charge in [-0.25, -0.2) is 0 Å². The van der Waals surface area contributed by atoms with Crippen LogP contribution in [-0.4, -0.2) is 22.7 Å². The van der Waals surface area contributed by atoms with Crippen molar-refractivity contribution in [1.82, 2.24) is 5.06 Å². The second-order valence-electron chi connectivity index (χ2n) is 6.30. The lowest BCUT2D eigenvalue weighted by Crippen LogP contribution is -2.61. The van der Waals surface area contributed by atoms with Crippen molar-refractivity contribution in [3.05, 3.63) is 0 Å². The maximum atomic E-state index is 6.04. The molecule has 1 fully saturated rings. The minimum atomic E-state index is 0.164. The average molecular weight is 227 g/mol. The van der Waals surface area contributed by atoms with Crippen molar-refractivity contribution >= 4 is 0 Å². The van der Waals surface area contributed by atoms with Crippen LogP contribution in [-0.2, 0) is 4.84 Å². The van der Waals surface area contributed by atoms with Gasteiger partial charge in [0.25, 0.3) is 0 Å². The van der Waals surface area contributed by atoms with E-state index in [0.29, 0.717) is 0 Å². The molecule has 0 aromatic carbocycles. The molecule has 16 heavy (non-hydrogen) atoms. The molecule has 96 valence electrons. The van der Waals surface area contributed by atoms with Gasteiger partial charge in [-0.15, -0.1) is 0 Å². The predicted octanol–water partition coefficient (Wildman–Crippen LogP) is 4.01. The summed E-state index contributed by atoms with van der Waals surface area (Å²) in [4.78, 5) is 6.04. The van der Waals surface area contributed by atoms with Crippen LogP contribution in [0.3, 0.4) is 0 Å². The van der Waals surface area contributed by atoms with Crippen molar-refractivity contribution in [3.63, 3.8) is 0 Å². The zero-order valence-electron chi connectivity index (χ0n) is 12.0. The third-order valence-electron chi connectivity index (χ3n) is 3.86. The zero-order chi connectivity index (χ0) is 12.4. The second kappa shape index (κ2) is 5.05. The molecule has 0 aromatic heterocycles. The molecule has 1 aliphatic heterocycles. The van der Waals surface area contributed by atoms with Crippen LogP contribution in [0.1, 0.15) is 67.2 Å². The first-order valence-electron chi connectivity index (χ1n) is 6.79. The highest BCUT2D eigenvalue weighted by Crippen LogP contribution is 2.43. The van der Waals surface area contributed by atoms with Gasteiger partial charge in [0.2, 0.25) is 0 Å². The van der Waals surface area contributed by atoms with Gasteiger partial charge >= 0.3 is 0 Å². The van der Waals surface area contributed by atoms with Gasteiger partial charge < -0.3 is 0 Å². The van der Waals surface area contributed by atoms with Gasteiger partial charge in [0, 0.05) is 11.1 Å². The lowest BCUT2D eigenvalue weighted by Gasteiger charge is -2.54. The molecule has 2 heteroatoms. The number of nitrogens with zero attached hydrogens (tertiary/aromatic N) is 1. The van der Waals surface area contributed by atoms with E-state index in [1.54, 1.807) is 0 Å². The molecular weight excluding hydrogens is 198 g/mol. The highest BCUT2D eigenvalue weighted by Gasteiger charge is 2.46. The van der Waals surface area contributed by atoms with E-state index in [4.69, 9.17) is 4.84 Å².